The van der Waals surface area contributed by atoms with Crippen molar-refractivity contribution in [2.75, 3.05) is 37.3 Å². The van der Waals surface area contributed by atoms with Crippen LogP contribution in [0.4, 0.5) is 24.8 Å². The minimum absolute atomic E-state index is 0.162. The molecule has 0 bridgehead atoms. The van der Waals surface area contributed by atoms with E-state index >= 15 is 0 Å². The minimum atomic E-state index is -4.59. The van der Waals surface area contributed by atoms with Crippen LogP contribution in [-0.4, -0.2) is 47.6 Å². The molecule has 5 nitrogen and oxygen atoms in total. The third kappa shape index (κ3) is 3.75. The van der Waals surface area contributed by atoms with Gasteiger partial charge in [0.25, 0.3) is 0 Å². The first kappa shape index (κ1) is 15.8. The van der Waals surface area contributed by atoms with Crippen LogP contribution in [0.5, 0.6) is 0 Å². The Kier molecular flexibility index (Phi) is 4.55. The smallest absolute Gasteiger partial charge is 0.384 e. The van der Waals surface area contributed by atoms with Crippen LogP contribution in [-0.2, 0) is 6.18 Å². The van der Waals surface area contributed by atoms with Crippen LogP contribution in [0.3, 0.4) is 0 Å². The summed E-state index contributed by atoms with van der Waals surface area (Å²) in [5, 5.41) is 0. The van der Waals surface area contributed by atoms with Crippen molar-refractivity contribution >= 4 is 11.6 Å². The Labute approximate surface area is 122 Å². The molecule has 2 heterocycles. The highest BCUT2D eigenvalue weighted by molar-refractivity contribution is 5.47. The van der Waals surface area contributed by atoms with Crippen LogP contribution in [0.1, 0.15) is 25.6 Å². The molecule has 118 valence electrons. The number of nitrogens with two attached hydrogens (primary N) is 1. The molecule has 0 unspecified atom stereocenters. The first-order valence-corrected chi connectivity index (χ1v) is 6.98. The molecule has 0 spiro atoms. The fourth-order valence-corrected chi connectivity index (χ4v) is 2.57. The van der Waals surface area contributed by atoms with Gasteiger partial charge in [-0.05, 0) is 19.4 Å². The van der Waals surface area contributed by atoms with E-state index in [0.717, 1.165) is 32.5 Å². The number of anilines is 2. The van der Waals surface area contributed by atoms with Gasteiger partial charge in [-0.3, -0.25) is 0 Å². The average molecular weight is 303 g/mol. The maximum absolute atomic E-state index is 12.7. The van der Waals surface area contributed by atoms with E-state index in [9.17, 15) is 13.2 Å². The zero-order valence-electron chi connectivity index (χ0n) is 12.2. The van der Waals surface area contributed by atoms with Crippen LogP contribution >= 0.6 is 0 Å². The zero-order chi connectivity index (χ0) is 15.6. The summed E-state index contributed by atoms with van der Waals surface area (Å²) in [7, 11) is 1.76. The molecular weight excluding hydrogens is 283 g/mol. The molecule has 0 amide bonds. The summed E-state index contributed by atoms with van der Waals surface area (Å²) in [5.41, 5.74) is 5.48. The molecule has 0 saturated carbocycles. The average Bonchev–Trinajstić information content (AvgIpc) is 2.45. The second kappa shape index (κ2) is 6.05. The molecule has 0 atom stereocenters. The van der Waals surface area contributed by atoms with E-state index < -0.39 is 12.0 Å². The SMILES string of the molecule is CCN1CCC(N(C)c2cc(N)nc(C(F)(F)F)n2)CC1. The van der Waals surface area contributed by atoms with Crippen molar-refractivity contribution < 1.29 is 13.2 Å². The Balaban J connectivity index is 2.16. The molecule has 1 aromatic rings. The number of hydrogen-bond acceptors (Lipinski definition) is 5. The number of alkyl halides is 3. The lowest BCUT2D eigenvalue weighted by Gasteiger charge is -2.37. The summed E-state index contributed by atoms with van der Waals surface area (Å²) in [5.74, 6) is -1.12. The zero-order valence-corrected chi connectivity index (χ0v) is 12.2. The highest BCUT2D eigenvalue weighted by Crippen LogP contribution is 2.29. The molecular formula is C13H20F3N5. The Morgan fingerprint density at radius 1 is 1.33 bits per heavy atom. The second-order valence-corrected chi connectivity index (χ2v) is 5.25. The van der Waals surface area contributed by atoms with Crippen molar-refractivity contribution in [3.63, 3.8) is 0 Å². The van der Waals surface area contributed by atoms with E-state index in [1.54, 1.807) is 11.9 Å². The second-order valence-electron chi connectivity index (χ2n) is 5.25. The largest absolute Gasteiger partial charge is 0.451 e. The monoisotopic (exact) mass is 303 g/mol. The molecule has 1 aromatic heterocycles. The number of hydrogen-bond donors (Lipinski definition) is 1. The van der Waals surface area contributed by atoms with E-state index in [4.69, 9.17) is 5.73 Å². The number of rotatable bonds is 3. The quantitative estimate of drug-likeness (QED) is 0.925. The highest BCUT2D eigenvalue weighted by atomic mass is 19.4. The van der Waals surface area contributed by atoms with Crippen LogP contribution in [0.25, 0.3) is 0 Å². The van der Waals surface area contributed by atoms with Gasteiger partial charge in [-0.2, -0.15) is 13.2 Å². The summed E-state index contributed by atoms with van der Waals surface area (Å²) in [4.78, 5) is 11.0. The van der Waals surface area contributed by atoms with Gasteiger partial charge in [0.05, 0.1) is 0 Å². The van der Waals surface area contributed by atoms with Gasteiger partial charge in [0.15, 0.2) is 0 Å². The number of nitrogens with zero attached hydrogens (tertiary/aromatic N) is 4. The first-order valence-electron chi connectivity index (χ1n) is 6.98. The number of aromatic nitrogens is 2. The van der Waals surface area contributed by atoms with Crippen molar-refractivity contribution in [1.82, 2.24) is 14.9 Å². The molecule has 0 radical (unpaired) electrons. The van der Waals surface area contributed by atoms with Gasteiger partial charge in [0.2, 0.25) is 5.82 Å². The van der Waals surface area contributed by atoms with Crippen LogP contribution in [0, 0.1) is 0 Å². The summed E-state index contributed by atoms with van der Waals surface area (Å²) >= 11 is 0. The van der Waals surface area contributed by atoms with Gasteiger partial charge in [-0.15, -0.1) is 0 Å². The predicted molar refractivity (Wildman–Crippen MR) is 75.0 cm³/mol. The van der Waals surface area contributed by atoms with Gasteiger partial charge in [0, 0.05) is 32.2 Å². The van der Waals surface area contributed by atoms with Crippen molar-refractivity contribution in [2.24, 2.45) is 0 Å². The molecule has 21 heavy (non-hydrogen) atoms. The number of nitrogen functional groups attached to an aromatic ring is 1. The Hall–Kier alpha value is -1.57. The van der Waals surface area contributed by atoms with Crippen molar-refractivity contribution in [3.8, 4) is 0 Å². The predicted octanol–water partition coefficient (Wildman–Crippen LogP) is 2.00. The lowest BCUT2D eigenvalue weighted by atomic mass is 10.0. The van der Waals surface area contributed by atoms with Crippen molar-refractivity contribution in [3.05, 3.63) is 11.9 Å². The number of halogens is 3. The standard InChI is InChI=1S/C13H20F3N5/c1-3-21-6-4-9(5-7-21)20(2)11-8-10(17)18-12(19-11)13(14,15)16/h8-9H,3-7H2,1-2H3,(H2,17,18,19). The summed E-state index contributed by atoms with van der Waals surface area (Å²) < 4.78 is 38.2. The Morgan fingerprint density at radius 2 is 1.95 bits per heavy atom. The summed E-state index contributed by atoms with van der Waals surface area (Å²) in [6.45, 7) is 4.98. The maximum Gasteiger partial charge on any atom is 0.451 e. The van der Waals surface area contributed by atoms with E-state index in [0.29, 0.717) is 0 Å². The maximum atomic E-state index is 12.7. The van der Waals surface area contributed by atoms with E-state index in [1.165, 1.54) is 6.07 Å². The van der Waals surface area contributed by atoms with Gasteiger partial charge < -0.3 is 15.5 Å². The van der Waals surface area contributed by atoms with Crippen molar-refractivity contribution in [1.29, 1.82) is 0 Å². The molecule has 8 heteroatoms. The minimum Gasteiger partial charge on any atom is -0.384 e. The Bertz CT molecular complexity index is 483. The highest BCUT2D eigenvalue weighted by Gasteiger charge is 2.36. The lowest BCUT2D eigenvalue weighted by Crippen LogP contribution is -2.43. The molecule has 2 rings (SSSR count). The van der Waals surface area contributed by atoms with Crippen LogP contribution in [0.2, 0.25) is 0 Å². The number of likely N-dealkylation sites (tertiary alicyclic amines) is 1. The molecule has 1 aliphatic rings. The third-order valence-corrected chi connectivity index (χ3v) is 3.90. The summed E-state index contributed by atoms with van der Waals surface area (Å²) in [6.07, 6.45) is -2.79. The van der Waals surface area contributed by atoms with Crippen LogP contribution in [0.15, 0.2) is 6.07 Å². The van der Waals surface area contributed by atoms with Gasteiger partial charge in [0.1, 0.15) is 11.6 Å². The summed E-state index contributed by atoms with van der Waals surface area (Å²) in [6, 6.07) is 1.56. The van der Waals surface area contributed by atoms with E-state index in [1.807, 2.05) is 0 Å². The molecule has 0 aliphatic carbocycles. The van der Waals surface area contributed by atoms with Crippen molar-refractivity contribution in [2.45, 2.75) is 32.0 Å². The molecule has 1 fully saturated rings. The topological polar surface area (TPSA) is 58.3 Å². The Morgan fingerprint density at radius 3 is 2.48 bits per heavy atom. The third-order valence-electron chi connectivity index (χ3n) is 3.90. The lowest BCUT2D eigenvalue weighted by molar-refractivity contribution is -0.144. The molecule has 1 aliphatic heterocycles. The molecule has 1 saturated heterocycles. The fourth-order valence-electron chi connectivity index (χ4n) is 2.57. The molecule has 2 N–H and O–H groups in total. The first-order chi connectivity index (χ1) is 9.81. The normalized spacial score (nSPS) is 18.0. The molecule has 0 aromatic carbocycles. The van der Waals surface area contributed by atoms with Gasteiger partial charge >= 0.3 is 6.18 Å². The van der Waals surface area contributed by atoms with Gasteiger partial charge in [-0.1, -0.05) is 6.92 Å². The number of piperidine rings is 1. The van der Waals surface area contributed by atoms with E-state index in [2.05, 4.69) is 21.8 Å². The van der Waals surface area contributed by atoms with E-state index in [-0.39, 0.29) is 17.7 Å². The van der Waals surface area contributed by atoms with Crippen LogP contribution < -0.4 is 10.6 Å². The fraction of sp³-hybridized carbons (Fsp3) is 0.692. The van der Waals surface area contributed by atoms with Gasteiger partial charge in [-0.25, -0.2) is 9.97 Å².